The largest absolute Gasteiger partial charge is 0.338 e. The van der Waals surface area contributed by atoms with Crippen LogP contribution in [-0.2, 0) is 17.9 Å². The number of carbonyl (C=O) groups excluding carboxylic acids is 2. The van der Waals surface area contributed by atoms with E-state index in [1.807, 2.05) is 0 Å². The number of halogens is 2. The number of likely N-dealkylation sites (tertiary alicyclic amines) is 1. The Labute approximate surface area is 156 Å². The molecule has 0 saturated carbocycles. The van der Waals surface area contributed by atoms with E-state index in [0.717, 1.165) is 11.1 Å². The summed E-state index contributed by atoms with van der Waals surface area (Å²) in [5, 5.41) is 5.47. The third kappa shape index (κ3) is 5.51. The lowest BCUT2D eigenvalue weighted by Crippen LogP contribution is -2.38. The lowest BCUT2D eigenvalue weighted by molar-refractivity contribution is -0.128. The van der Waals surface area contributed by atoms with Crippen molar-refractivity contribution in [2.75, 3.05) is 13.1 Å². The van der Waals surface area contributed by atoms with E-state index in [1.165, 1.54) is 24.3 Å². The van der Waals surface area contributed by atoms with Gasteiger partial charge in [-0.05, 0) is 35.4 Å². The van der Waals surface area contributed by atoms with Crippen LogP contribution in [0.25, 0.3) is 0 Å². The number of nitrogens with zero attached hydrogens (tertiary/aromatic N) is 1. The van der Waals surface area contributed by atoms with E-state index < -0.39 is 0 Å². The first-order valence-corrected chi connectivity index (χ1v) is 8.78. The van der Waals surface area contributed by atoms with Gasteiger partial charge in [0.2, 0.25) is 5.91 Å². The maximum atomic E-state index is 13.0. The number of amides is 3. The molecule has 2 N–H and O–H groups in total. The van der Waals surface area contributed by atoms with Crippen LogP contribution in [0.4, 0.5) is 13.6 Å². The van der Waals surface area contributed by atoms with Gasteiger partial charge in [-0.15, -0.1) is 0 Å². The number of hydrogen-bond acceptors (Lipinski definition) is 2. The van der Waals surface area contributed by atoms with Crippen molar-refractivity contribution in [3.63, 3.8) is 0 Å². The molecule has 3 rings (SSSR count). The summed E-state index contributed by atoms with van der Waals surface area (Å²) >= 11 is 0. The molecule has 142 valence electrons. The van der Waals surface area contributed by atoms with Gasteiger partial charge < -0.3 is 15.5 Å². The summed E-state index contributed by atoms with van der Waals surface area (Å²) in [6.07, 6.45) is 0.374. The number of rotatable bonds is 6. The Bertz CT molecular complexity index is 794. The fourth-order valence-corrected chi connectivity index (χ4v) is 3.04. The van der Waals surface area contributed by atoms with Gasteiger partial charge in [0, 0.05) is 38.5 Å². The van der Waals surface area contributed by atoms with Crippen LogP contribution >= 0.6 is 0 Å². The highest BCUT2D eigenvalue weighted by Crippen LogP contribution is 2.19. The molecule has 0 aromatic heterocycles. The Hall–Kier alpha value is -2.96. The fraction of sp³-hybridized carbons (Fsp3) is 0.300. The molecule has 1 fully saturated rings. The third-order valence-electron chi connectivity index (χ3n) is 4.50. The quantitative estimate of drug-likeness (QED) is 0.818. The predicted molar refractivity (Wildman–Crippen MR) is 96.6 cm³/mol. The van der Waals surface area contributed by atoms with Crippen molar-refractivity contribution >= 4 is 11.9 Å². The Kier molecular flexibility index (Phi) is 6.01. The molecule has 7 heteroatoms. The van der Waals surface area contributed by atoms with E-state index in [4.69, 9.17) is 0 Å². The van der Waals surface area contributed by atoms with Crippen molar-refractivity contribution in [3.8, 4) is 0 Å². The van der Waals surface area contributed by atoms with Gasteiger partial charge in [-0.25, -0.2) is 13.6 Å². The molecule has 3 amide bonds. The first-order valence-electron chi connectivity index (χ1n) is 8.78. The van der Waals surface area contributed by atoms with E-state index in [-0.39, 0.29) is 29.5 Å². The summed E-state index contributed by atoms with van der Waals surface area (Å²) in [5.41, 5.74) is 1.67. The normalized spacial score (nSPS) is 16.4. The van der Waals surface area contributed by atoms with E-state index in [2.05, 4.69) is 10.6 Å². The molecule has 0 bridgehead atoms. The highest BCUT2D eigenvalue weighted by molar-refractivity contribution is 5.79. The SMILES string of the molecule is O=C(NCc1ccc(F)cc1)NCC1CC(=O)N(Cc2ccc(F)cc2)C1. The zero-order valence-electron chi connectivity index (χ0n) is 14.8. The van der Waals surface area contributed by atoms with Crippen LogP contribution in [0.2, 0.25) is 0 Å². The summed E-state index contributed by atoms with van der Waals surface area (Å²) in [7, 11) is 0. The van der Waals surface area contributed by atoms with Crippen molar-refractivity contribution in [2.24, 2.45) is 5.92 Å². The van der Waals surface area contributed by atoms with Crippen molar-refractivity contribution in [1.82, 2.24) is 15.5 Å². The van der Waals surface area contributed by atoms with Crippen molar-refractivity contribution in [1.29, 1.82) is 0 Å². The highest BCUT2D eigenvalue weighted by atomic mass is 19.1. The minimum absolute atomic E-state index is 0.0258. The van der Waals surface area contributed by atoms with Crippen molar-refractivity contribution in [3.05, 3.63) is 71.3 Å². The second kappa shape index (κ2) is 8.62. The molecule has 1 atom stereocenters. The molecule has 1 unspecified atom stereocenters. The van der Waals surface area contributed by atoms with Crippen LogP contribution in [0, 0.1) is 17.6 Å². The average Bonchev–Trinajstić information content (AvgIpc) is 3.01. The Morgan fingerprint density at radius 3 is 2.19 bits per heavy atom. The van der Waals surface area contributed by atoms with Crippen LogP contribution in [-0.4, -0.2) is 29.9 Å². The topological polar surface area (TPSA) is 61.4 Å². The smallest absolute Gasteiger partial charge is 0.315 e. The minimum atomic E-state index is -0.330. The standard InChI is InChI=1S/C20H21F2N3O2/c21-17-5-1-14(2-6-17)10-23-20(27)24-11-16-9-19(26)25(13-16)12-15-3-7-18(22)8-4-15/h1-8,16H,9-13H2,(H2,23,24,27). The van der Waals surface area contributed by atoms with E-state index in [0.29, 0.717) is 32.6 Å². The van der Waals surface area contributed by atoms with Crippen LogP contribution in [0.15, 0.2) is 48.5 Å². The molecule has 0 radical (unpaired) electrons. The molecular weight excluding hydrogens is 352 g/mol. The minimum Gasteiger partial charge on any atom is -0.338 e. The summed E-state index contributed by atoms with van der Waals surface area (Å²) < 4.78 is 25.8. The summed E-state index contributed by atoms with van der Waals surface area (Å²) in [6.45, 7) is 1.67. The van der Waals surface area contributed by atoms with E-state index >= 15 is 0 Å². The van der Waals surface area contributed by atoms with E-state index in [9.17, 15) is 18.4 Å². The fourth-order valence-electron chi connectivity index (χ4n) is 3.04. The first kappa shape index (κ1) is 18.8. The predicted octanol–water partition coefficient (Wildman–Crippen LogP) is 2.81. The Morgan fingerprint density at radius 2 is 1.56 bits per heavy atom. The molecule has 2 aromatic rings. The number of carbonyl (C=O) groups is 2. The second-order valence-electron chi connectivity index (χ2n) is 6.66. The van der Waals surface area contributed by atoms with Crippen molar-refractivity contribution in [2.45, 2.75) is 19.5 Å². The van der Waals surface area contributed by atoms with Crippen LogP contribution in [0.1, 0.15) is 17.5 Å². The molecule has 1 saturated heterocycles. The maximum Gasteiger partial charge on any atom is 0.315 e. The molecule has 0 spiro atoms. The average molecular weight is 373 g/mol. The molecule has 5 nitrogen and oxygen atoms in total. The van der Waals surface area contributed by atoms with Gasteiger partial charge >= 0.3 is 6.03 Å². The van der Waals surface area contributed by atoms with Gasteiger partial charge in [-0.3, -0.25) is 4.79 Å². The molecule has 1 aliphatic heterocycles. The van der Waals surface area contributed by atoms with E-state index in [1.54, 1.807) is 29.2 Å². The monoisotopic (exact) mass is 373 g/mol. The first-order chi connectivity index (χ1) is 13.0. The molecule has 0 aliphatic carbocycles. The van der Waals surface area contributed by atoms with Gasteiger partial charge in [-0.2, -0.15) is 0 Å². The molecule has 1 heterocycles. The van der Waals surface area contributed by atoms with Crippen LogP contribution in [0.3, 0.4) is 0 Å². The van der Waals surface area contributed by atoms with Crippen LogP contribution in [0.5, 0.6) is 0 Å². The van der Waals surface area contributed by atoms with Crippen molar-refractivity contribution < 1.29 is 18.4 Å². The molecule has 2 aromatic carbocycles. The summed E-state index contributed by atoms with van der Waals surface area (Å²) in [6, 6.07) is 11.7. The molecule has 1 aliphatic rings. The van der Waals surface area contributed by atoms with Gasteiger partial charge in [-0.1, -0.05) is 24.3 Å². The lowest BCUT2D eigenvalue weighted by Gasteiger charge is -2.17. The summed E-state index contributed by atoms with van der Waals surface area (Å²) in [5.74, 6) is -0.563. The Morgan fingerprint density at radius 1 is 0.963 bits per heavy atom. The second-order valence-corrected chi connectivity index (χ2v) is 6.66. The van der Waals surface area contributed by atoms with Crippen LogP contribution < -0.4 is 10.6 Å². The summed E-state index contributed by atoms with van der Waals surface area (Å²) in [4.78, 5) is 25.7. The zero-order valence-corrected chi connectivity index (χ0v) is 14.8. The molecule has 27 heavy (non-hydrogen) atoms. The number of nitrogens with one attached hydrogen (secondary N) is 2. The zero-order chi connectivity index (χ0) is 19.2. The van der Waals surface area contributed by atoms with Gasteiger partial charge in [0.15, 0.2) is 0 Å². The Balaban J connectivity index is 1.40. The lowest BCUT2D eigenvalue weighted by atomic mass is 10.1. The number of benzene rings is 2. The number of hydrogen-bond donors (Lipinski definition) is 2. The molecular formula is C20H21F2N3O2. The van der Waals surface area contributed by atoms with Gasteiger partial charge in [0.1, 0.15) is 11.6 Å². The van der Waals surface area contributed by atoms with Gasteiger partial charge in [0.25, 0.3) is 0 Å². The number of urea groups is 1. The highest BCUT2D eigenvalue weighted by Gasteiger charge is 2.29. The maximum absolute atomic E-state index is 13.0. The van der Waals surface area contributed by atoms with Gasteiger partial charge in [0.05, 0.1) is 0 Å². The third-order valence-corrected chi connectivity index (χ3v) is 4.50.